The zero-order valence-electron chi connectivity index (χ0n) is 10.9. The van der Waals surface area contributed by atoms with Gasteiger partial charge < -0.3 is 15.5 Å². The largest absolute Gasteiger partial charge is 0.394 e. The quantitative estimate of drug-likeness (QED) is 0.291. The van der Waals surface area contributed by atoms with Crippen LogP contribution in [0.2, 0.25) is 0 Å². The number of nitrogens with one attached hydrogen (secondary N) is 1. The second-order valence-corrected chi connectivity index (χ2v) is 4.06. The first-order valence-corrected chi connectivity index (χ1v) is 5.91. The van der Waals surface area contributed by atoms with Crippen molar-refractivity contribution in [3.8, 4) is 6.07 Å². The van der Waals surface area contributed by atoms with E-state index in [4.69, 9.17) is 15.5 Å². The SMILES string of the molecule is N#C/C(=C\c1ccc([N+](=O)[O-])cc1)C(=O)NCC(O)CO. The highest BCUT2D eigenvalue weighted by atomic mass is 16.6. The van der Waals surface area contributed by atoms with Gasteiger partial charge in [-0.25, -0.2) is 0 Å². The molecule has 0 heterocycles. The molecule has 1 aromatic rings. The van der Waals surface area contributed by atoms with Gasteiger partial charge in [-0.3, -0.25) is 14.9 Å². The van der Waals surface area contributed by atoms with Gasteiger partial charge in [0.1, 0.15) is 11.6 Å². The summed E-state index contributed by atoms with van der Waals surface area (Å²) >= 11 is 0. The zero-order chi connectivity index (χ0) is 15.8. The summed E-state index contributed by atoms with van der Waals surface area (Å²) in [6.45, 7) is -0.692. The topological polar surface area (TPSA) is 136 Å². The molecular weight excluding hydrogens is 278 g/mol. The third-order valence-corrected chi connectivity index (χ3v) is 2.49. The van der Waals surface area contributed by atoms with Crippen LogP contribution in [0.1, 0.15) is 5.56 Å². The molecule has 1 aromatic carbocycles. The number of benzene rings is 1. The van der Waals surface area contributed by atoms with Gasteiger partial charge in [0.25, 0.3) is 11.6 Å². The molecule has 0 saturated heterocycles. The molecule has 3 N–H and O–H groups in total. The third kappa shape index (κ3) is 5.02. The van der Waals surface area contributed by atoms with E-state index in [0.717, 1.165) is 0 Å². The number of aliphatic hydroxyl groups is 2. The van der Waals surface area contributed by atoms with Gasteiger partial charge in [0, 0.05) is 18.7 Å². The molecule has 0 aromatic heterocycles. The molecule has 1 atom stereocenters. The smallest absolute Gasteiger partial charge is 0.269 e. The van der Waals surface area contributed by atoms with Gasteiger partial charge in [-0.15, -0.1) is 0 Å². The Morgan fingerprint density at radius 2 is 2.10 bits per heavy atom. The monoisotopic (exact) mass is 291 g/mol. The van der Waals surface area contributed by atoms with Crippen molar-refractivity contribution in [2.45, 2.75) is 6.10 Å². The molecule has 0 saturated carbocycles. The Morgan fingerprint density at radius 1 is 1.48 bits per heavy atom. The standard InChI is InChI=1S/C13H13N3O5/c14-6-10(13(19)15-7-12(18)8-17)5-9-1-3-11(4-2-9)16(20)21/h1-5,12,17-18H,7-8H2,(H,15,19)/b10-5+. The van der Waals surface area contributed by atoms with Gasteiger partial charge in [0.05, 0.1) is 17.6 Å². The maximum absolute atomic E-state index is 11.7. The maximum Gasteiger partial charge on any atom is 0.269 e. The Morgan fingerprint density at radius 3 is 2.57 bits per heavy atom. The Balaban J connectivity index is 2.81. The van der Waals surface area contributed by atoms with Crippen molar-refractivity contribution in [1.29, 1.82) is 5.26 Å². The van der Waals surface area contributed by atoms with E-state index in [-0.39, 0.29) is 17.8 Å². The minimum absolute atomic E-state index is 0.0961. The van der Waals surface area contributed by atoms with Crippen LogP contribution < -0.4 is 5.32 Å². The van der Waals surface area contributed by atoms with Crippen molar-refractivity contribution in [1.82, 2.24) is 5.32 Å². The summed E-state index contributed by atoms with van der Waals surface area (Å²) in [6.07, 6.45) is 0.165. The van der Waals surface area contributed by atoms with Gasteiger partial charge in [0.15, 0.2) is 0 Å². The molecule has 0 aliphatic carbocycles. The lowest BCUT2D eigenvalue weighted by molar-refractivity contribution is -0.384. The number of hydrogen-bond donors (Lipinski definition) is 3. The molecule has 110 valence electrons. The van der Waals surface area contributed by atoms with Crippen LogP contribution in [0.3, 0.4) is 0 Å². The zero-order valence-corrected chi connectivity index (χ0v) is 10.9. The van der Waals surface area contributed by atoms with E-state index in [2.05, 4.69) is 5.32 Å². The van der Waals surface area contributed by atoms with Crippen molar-refractivity contribution in [3.63, 3.8) is 0 Å². The summed E-state index contributed by atoms with van der Waals surface area (Å²) in [6, 6.07) is 7.03. The number of carbonyl (C=O) groups excluding carboxylic acids is 1. The van der Waals surface area contributed by atoms with Crippen LogP contribution in [-0.4, -0.2) is 40.3 Å². The predicted molar refractivity (Wildman–Crippen MR) is 72.8 cm³/mol. The number of carbonyl (C=O) groups is 1. The second-order valence-electron chi connectivity index (χ2n) is 4.06. The van der Waals surface area contributed by atoms with E-state index in [1.807, 2.05) is 0 Å². The molecule has 0 bridgehead atoms. The van der Waals surface area contributed by atoms with Crippen molar-refractivity contribution < 1.29 is 19.9 Å². The Hall–Kier alpha value is -2.76. The predicted octanol–water partition coefficient (Wildman–Crippen LogP) is -0.0288. The van der Waals surface area contributed by atoms with Crippen molar-refractivity contribution in [2.24, 2.45) is 0 Å². The molecule has 0 radical (unpaired) electrons. The van der Waals surface area contributed by atoms with Gasteiger partial charge in [-0.1, -0.05) is 0 Å². The van der Waals surface area contributed by atoms with Gasteiger partial charge in [-0.05, 0) is 23.8 Å². The molecule has 8 nitrogen and oxygen atoms in total. The first kappa shape index (κ1) is 16.3. The highest BCUT2D eigenvalue weighted by Crippen LogP contribution is 2.14. The molecular formula is C13H13N3O5. The van der Waals surface area contributed by atoms with E-state index >= 15 is 0 Å². The molecule has 0 fully saturated rings. The van der Waals surface area contributed by atoms with E-state index in [1.165, 1.54) is 30.3 Å². The van der Waals surface area contributed by atoms with Gasteiger partial charge in [0.2, 0.25) is 0 Å². The lowest BCUT2D eigenvalue weighted by atomic mass is 10.1. The highest BCUT2D eigenvalue weighted by Gasteiger charge is 2.11. The Labute approximate surface area is 120 Å². The number of nitrogens with zero attached hydrogens (tertiary/aromatic N) is 2. The number of rotatable bonds is 6. The Bertz CT molecular complexity index is 589. The second kappa shape index (κ2) is 7.74. The van der Waals surface area contributed by atoms with Crippen molar-refractivity contribution in [3.05, 3.63) is 45.5 Å². The summed E-state index contributed by atoms with van der Waals surface area (Å²) in [5, 5.41) is 39.4. The molecule has 1 unspecified atom stereocenters. The molecule has 0 aliphatic heterocycles. The Kier molecular flexibility index (Phi) is 6.00. The average Bonchev–Trinajstić information content (AvgIpc) is 2.50. The fraction of sp³-hybridized carbons (Fsp3) is 0.231. The molecule has 0 spiro atoms. The number of amides is 1. The number of nitro benzene ring substituents is 1. The number of aliphatic hydroxyl groups excluding tert-OH is 2. The number of nitro groups is 1. The fourth-order valence-corrected chi connectivity index (χ4v) is 1.38. The van der Waals surface area contributed by atoms with Crippen LogP contribution in [0.5, 0.6) is 0 Å². The van der Waals surface area contributed by atoms with Crippen LogP contribution >= 0.6 is 0 Å². The van der Waals surface area contributed by atoms with E-state index < -0.39 is 23.5 Å². The lowest BCUT2D eigenvalue weighted by Crippen LogP contribution is -2.34. The third-order valence-electron chi connectivity index (χ3n) is 2.49. The number of non-ortho nitro benzene ring substituents is 1. The lowest BCUT2D eigenvalue weighted by Gasteiger charge is -2.08. The van der Waals surface area contributed by atoms with E-state index in [1.54, 1.807) is 6.07 Å². The summed E-state index contributed by atoms with van der Waals surface area (Å²) < 4.78 is 0. The van der Waals surface area contributed by atoms with E-state index in [9.17, 15) is 14.9 Å². The molecule has 1 rings (SSSR count). The molecule has 8 heteroatoms. The van der Waals surface area contributed by atoms with Crippen LogP contribution in [0.4, 0.5) is 5.69 Å². The summed E-state index contributed by atoms with van der Waals surface area (Å²) in [7, 11) is 0. The number of nitriles is 1. The van der Waals surface area contributed by atoms with Gasteiger partial charge in [-0.2, -0.15) is 5.26 Å². The van der Waals surface area contributed by atoms with E-state index in [0.29, 0.717) is 5.56 Å². The van der Waals surface area contributed by atoms with Gasteiger partial charge >= 0.3 is 0 Å². The van der Waals surface area contributed by atoms with Crippen molar-refractivity contribution in [2.75, 3.05) is 13.2 Å². The summed E-state index contributed by atoms with van der Waals surface area (Å²) in [4.78, 5) is 21.6. The molecule has 21 heavy (non-hydrogen) atoms. The average molecular weight is 291 g/mol. The minimum Gasteiger partial charge on any atom is -0.394 e. The maximum atomic E-state index is 11.7. The normalized spacial score (nSPS) is 12.3. The first-order chi connectivity index (χ1) is 9.97. The fourth-order valence-electron chi connectivity index (χ4n) is 1.38. The van der Waals surface area contributed by atoms with Crippen LogP contribution in [-0.2, 0) is 4.79 Å². The summed E-state index contributed by atoms with van der Waals surface area (Å²) in [5.74, 6) is -0.705. The highest BCUT2D eigenvalue weighted by molar-refractivity contribution is 6.01. The minimum atomic E-state index is -1.10. The molecule has 0 aliphatic rings. The summed E-state index contributed by atoms with van der Waals surface area (Å²) in [5.41, 5.74) is 0.144. The number of hydrogen-bond acceptors (Lipinski definition) is 6. The molecule has 1 amide bonds. The first-order valence-electron chi connectivity index (χ1n) is 5.91. The van der Waals surface area contributed by atoms with Crippen LogP contribution in [0.25, 0.3) is 6.08 Å². The van der Waals surface area contributed by atoms with Crippen LogP contribution in [0, 0.1) is 21.4 Å². The van der Waals surface area contributed by atoms with Crippen LogP contribution in [0.15, 0.2) is 29.8 Å². The van der Waals surface area contributed by atoms with Crippen molar-refractivity contribution >= 4 is 17.7 Å².